The molecule has 0 aliphatic carbocycles. The maximum absolute atomic E-state index is 14.3. The molecule has 0 amide bonds. The predicted molar refractivity (Wildman–Crippen MR) is 188 cm³/mol. The molecule has 1 saturated heterocycles. The molecule has 2 heterocycles. The number of carbonyl (C=O) groups is 1. The Morgan fingerprint density at radius 3 is 2.00 bits per heavy atom. The number of halogens is 3. The van der Waals surface area contributed by atoms with E-state index in [1.807, 2.05) is 91.0 Å². The number of benzene rings is 4. The molecule has 10 nitrogen and oxygen atoms in total. The first-order valence-electron chi connectivity index (χ1n) is 17.3. The van der Waals surface area contributed by atoms with Gasteiger partial charge in [0, 0.05) is 12.0 Å². The average Bonchev–Trinajstić information content (AvgIpc) is 3.67. The van der Waals surface area contributed by atoms with Gasteiger partial charge >= 0.3 is 5.97 Å². The Morgan fingerprint density at radius 2 is 1.42 bits per heavy atom. The Balaban J connectivity index is 1.42. The fraction of sp³-hybridized carbons (Fsp3) is 0.325. The zero-order chi connectivity index (χ0) is 37.2. The van der Waals surface area contributed by atoms with E-state index in [4.69, 9.17) is 29.4 Å². The lowest BCUT2D eigenvalue weighted by Gasteiger charge is -2.51. The van der Waals surface area contributed by atoms with E-state index in [1.54, 1.807) is 0 Å². The minimum absolute atomic E-state index is 0.0250. The van der Waals surface area contributed by atoms with Gasteiger partial charge in [0.2, 0.25) is 0 Å². The highest BCUT2D eigenvalue weighted by Crippen LogP contribution is 2.41. The zero-order valence-corrected chi connectivity index (χ0v) is 29.2. The summed E-state index contributed by atoms with van der Waals surface area (Å²) in [6.45, 7) is 0.613. The van der Waals surface area contributed by atoms with Crippen molar-refractivity contribution < 1.29 is 41.7 Å². The first-order chi connectivity index (χ1) is 25.7. The van der Waals surface area contributed by atoms with Crippen LogP contribution in [-0.4, -0.2) is 58.7 Å². The van der Waals surface area contributed by atoms with Crippen LogP contribution < -0.4 is 5.73 Å². The molecule has 0 saturated carbocycles. The van der Waals surface area contributed by atoms with Crippen LogP contribution in [-0.2, 0) is 48.3 Å². The molecule has 0 spiro atoms. The standard InChI is InChI=1S/C40H41F3N4O6/c1-49-35(48)18-11-19-40(44)39(52-25-29-16-9-4-10-17-29)37(47-22-33(45-46-47)30-20-31(41)36(43)32(42)21-30)38(51-24-28-14-7-3-8-15-28)34(53-40)26-50-23-27-12-5-2-6-13-27/h2-10,12-17,20-22,34,37-39H,11,18-19,23-26,44H2,1H3/t34-,37+,38+,39-,40?/m1/s1. The van der Waals surface area contributed by atoms with E-state index in [-0.39, 0.29) is 50.5 Å². The van der Waals surface area contributed by atoms with Gasteiger partial charge in [-0.1, -0.05) is 96.2 Å². The van der Waals surface area contributed by atoms with Crippen LogP contribution >= 0.6 is 0 Å². The first-order valence-corrected chi connectivity index (χ1v) is 17.3. The van der Waals surface area contributed by atoms with E-state index in [1.165, 1.54) is 18.0 Å². The Kier molecular flexibility index (Phi) is 12.7. The van der Waals surface area contributed by atoms with Gasteiger partial charge in [-0.15, -0.1) is 5.10 Å². The summed E-state index contributed by atoms with van der Waals surface area (Å²) in [5, 5.41) is 8.62. The van der Waals surface area contributed by atoms with Gasteiger partial charge in [-0.05, 0) is 41.7 Å². The average molecular weight is 731 g/mol. The largest absolute Gasteiger partial charge is 0.469 e. The summed E-state index contributed by atoms with van der Waals surface area (Å²) < 4.78 is 75.3. The Bertz CT molecular complexity index is 1900. The van der Waals surface area contributed by atoms with Crippen molar-refractivity contribution in [2.45, 2.75) is 69.2 Å². The highest BCUT2D eigenvalue weighted by molar-refractivity contribution is 5.69. The zero-order valence-electron chi connectivity index (χ0n) is 29.2. The number of rotatable bonds is 16. The van der Waals surface area contributed by atoms with Crippen LogP contribution in [0.25, 0.3) is 11.3 Å². The second-order valence-electron chi connectivity index (χ2n) is 12.8. The molecule has 2 N–H and O–H groups in total. The van der Waals surface area contributed by atoms with Crippen LogP contribution in [0, 0.1) is 17.5 Å². The molecule has 5 atom stereocenters. The lowest BCUT2D eigenvalue weighted by atomic mass is 9.85. The highest BCUT2D eigenvalue weighted by atomic mass is 19.2. The summed E-state index contributed by atoms with van der Waals surface area (Å²) in [6.07, 6.45) is -0.605. The van der Waals surface area contributed by atoms with Crippen molar-refractivity contribution in [3.8, 4) is 11.3 Å². The van der Waals surface area contributed by atoms with Crippen molar-refractivity contribution in [1.29, 1.82) is 0 Å². The first kappa shape index (κ1) is 37.8. The minimum Gasteiger partial charge on any atom is -0.469 e. The molecule has 13 heteroatoms. The SMILES string of the molecule is COC(=O)CCCC1(N)O[C@H](COCc2ccccc2)[C@H](OCc2ccccc2)[C@H](n2cc(-c3cc(F)c(F)c(F)c3)nn2)[C@H]1OCc1ccccc1. The summed E-state index contributed by atoms with van der Waals surface area (Å²) >= 11 is 0. The normalized spacial score (nSPS) is 21.4. The molecule has 4 aromatic carbocycles. The van der Waals surface area contributed by atoms with Crippen LogP contribution in [0.15, 0.2) is 109 Å². The molecular formula is C40H41F3N4O6. The van der Waals surface area contributed by atoms with E-state index >= 15 is 0 Å². The van der Waals surface area contributed by atoms with Crippen LogP contribution in [0.4, 0.5) is 13.2 Å². The number of nitrogens with two attached hydrogens (primary N) is 1. The van der Waals surface area contributed by atoms with Crippen molar-refractivity contribution in [1.82, 2.24) is 15.0 Å². The van der Waals surface area contributed by atoms with Crippen molar-refractivity contribution >= 4 is 5.97 Å². The molecule has 1 aliphatic rings. The number of hydrogen-bond acceptors (Lipinski definition) is 9. The summed E-state index contributed by atoms with van der Waals surface area (Å²) in [7, 11) is 1.31. The number of aromatic nitrogens is 3. The van der Waals surface area contributed by atoms with E-state index < -0.39 is 53.5 Å². The number of ether oxygens (including phenoxy) is 5. The van der Waals surface area contributed by atoms with Crippen LogP contribution in [0.1, 0.15) is 42.0 Å². The molecule has 1 aliphatic heterocycles. The van der Waals surface area contributed by atoms with Gasteiger partial charge in [0.05, 0.1) is 39.7 Å². The Morgan fingerprint density at radius 1 is 0.849 bits per heavy atom. The fourth-order valence-electron chi connectivity index (χ4n) is 6.43. The maximum Gasteiger partial charge on any atom is 0.305 e. The van der Waals surface area contributed by atoms with Crippen LogP contribution in [0.3, 0.4) is 0 Å². The number of methoxy groups -OCH3 is 1. The Hall–Kier alpha value is -4.92. The third-order valence-electron chi connectivity index (χ3n) is 9.09. The molecule has 278 valence electrons. The summed E-state index contributed by atoms with van der Waals surface area (Å²) in [6, 6.07) is 29.5. The van der Waals surface area contributed by atoms with Crippen molar-refractivity contribution in [3.05, 3.63) is 143 Å². The van der Waals surface area contributed by atoms with Gasteiger partial charge in [-0.3, -0.25) is 4.79 Å². The van der Waals surface area contributed by atoms with Gasteiger partial charge in [-0.2, -0.15) is 0 Å². The molecule has 6 rings (SSSR count). The highest BCUT2D eigenvalue weighted by Gasteiger charge is 2.55. The molecule has 53 heavy (non-hydrogen) atoms. The van der Waals surface area contributed by atoms with E-state index in [0.717, 1.165) is 28.8 Å². The molecule has 5 aromatic rings. The molecule has 0 radical (unpaired) electrons. The smallest absolute Gasteiger partial charge is 0.305 e. The number of nitrogens with zero attached hydrogens (tertiary/aromatic N) is 3. The molecule has 1 aromatic heterocycles. The summed E-state index contributed by atoms with van der Waals surface area (Å²) in [5.41, 5.74) is 8.42. The number of hydrogen-bond donors (Lipinski definition) is 1. The number of esters is 1. The second-order valence-corrected chi connectivity index (χ2v) is 12.8. The van der Waals surface area contributed by atoms with E-state index in [2.05, 4.69) is 10.3 Å². The van der Waals surface area contributed by atoms with Crippen molar-refractivity contribution in [3.63, 3.8) is 0 Å². The van der Waals surface area contributed by atoms with Gasteiger partial charge in [-0.25, -0.2) is 17.9 Å². The quantitative estimate of drug-likeness (QED) is 0.0875. The summed E-state index contributed by atoms with van der Waals surface area (Å²) in [4.78, 5) is 12.2. The lowest BCUT2D eigenvalue weighted by Crippen LogP contribution is -2.68. The van der Waals surface area contributed by atoms with Crippen molar-refractivity contribution in [2.75, 3.05) is 13.7 Å². The van der Waals surface area contributed by atoms with E-state index in [9.17, 15) is 18.0 Å². The third kappa shape index (κ3) is 9.55. The van der Waals surface area contributed by atoms with Gasteiger partial charge < -0.3 is 29.4 Å². The van der Waals surface area contributed by atoms with Crippen molar-refractivity contribution in [2.24, 2.45) is 5.73 Å². The van der Waals surface area contributed by atoms with Gasteiger partial charge in [0.25, 0.3) is 0 Å². The lowest BCUT2D eigenvalue weighted by molar-refractivity contribution is -0.282. The topological polar surface area (TPSA) is 120 Å². The Labute approximate surface area is 305 Å². The molecule has 1 unspecified atom stereocenters. The fourth-order valence-corrected chi connectivity index (χ4v) is 6.43. The third-order valence-corrected chi connectivity index (χ3v) is 9.09. The van der Waals surface area contributed by atoms with Gasteiger partial charge in [0.15, 0.2) is 17.5 Å². The predicted octanol–water partition coefficient (Wildman–Crippen LogP) is 6.69. The molecule has 0 bridgehead atoms. The monoisotopic (exact) mass is 730 g/mol. The van der Waals surface area contributed by atoms with Crippen LogP contribution in [0.5, 0.6) is 0 Å². The minimum atomic E-state index is -1.59. The second kappa shape index (κ2) is 17.7. The van der Waals surface area contributed by atoms with E-state index in [0.29, 0.717) is 6.42 Å². The molecule has 1 fully saturated rings. The van der Waals surface area contributed by atoms with Crippen LogP contribution in [0.2, 0.25) is 0 Å². The maximum atomic E-state index is 14.3. The van der Waals surface area contributed by atoms with Gasteiger partial charge in [0.1, 0.15) is 35.8 Å². The summed E-state index contributed by atoms with van der Waals surface area (Å²) in [5.74, 6) is -4.73. The number of carbonyl (C=O) groups excluding carboxylic acids is 1. The molecular weight excluding hydrogens is 689 g/mol.